The van der Waals surface area contributed by atoms with Crippen LogP contribution in [-0.4, -0.2) is 22.8 Å². The highest BCUT2D eigenvalue weighted by atomic mass is 16.6. The van der Waals surface area contributed by atoms with Crippen molar-refractivity contribution in [2.75, 3.05) is 0 Å². The molecule has 0 saturated carbocycles. The zero-order chi connectivity index (χ0) is 15.7. The summed E-state index contributed by atoms with van der Waals surface area (Å²) in [4.78, 5) is 11.2. The SMILES string of the molecule is CC(=O)OC(C)(C)CC(C)(C)C(C)(C)OC(C)(C)C. The van der Waals surface area contributed by atoms with Gasteiger partial charge in [0.1, 0.15) is 5.60 Å². The molecule has 114 valence electrons. The van der Waals surface area contributed by atoms with E-state index >= 15 is 0 Å². The van der Waals surface area contributed by atoms with Gasteiger partial charge in [0.05, 0.1) is 11.2 Å². The first kappa shape index (κ1) is 18.4. The molecule has 0 bridgehead atoms. The summed E-state index contributed by atoms with van der Waals surface area (Å²) < 4.78 is 11.6. The van der Waals surface area contributed by atoms with E-state index in [4.69, 9.17) is 9.47 Å². The fourth-order valence-corrected chi connectivity index (χ4v) is 2.61. The first-order chi connectivity index (χ1) is 8.08. The zero-order valence-electron chi connectivity index (χ0n) is 14.4. The average molecular weight is 272 g/mol. The second kappa shape index (κ2) is 5.43. The minimum Gasteiger partial charge on any atom is -0.460 e. The molecule has 0 atom stereocenters. The van der Waals surface area contributed by atoms with Gasteiger partial charge in [-0.1, -0.05) is 13.8 Å². The number of hydrogen-bond donors (Lipinski definition) is 0. The molecule has 0 aromatic carbocycles. The Morgan fingerprint density at radius 3 is 1.63 bits per heavy atom. The van der Waals surface area contributed by atoms with E-state index in [2.05, 4.69) is 48.5 Å². The largest absolute Gasteiger partial charge is 0.460 e. The number of esters is 1. The second-order valence-electron chi connectivity index (χ2n) is 8.14. The molecule has 0 amide bonds. The van der Waals surface area contributed by atoms with Gasteiger partial charge in [-0.15, -0.1) is 0 Å². The first-order valence-electron chi connectivity index (χ1n) is 6.98. The molecule has 0 aliphatic rings. The van der Waals surface area contributed by atoms with Crippen LogP contribution in [0.2, 0.25) is 0 Å². The number of rotatable bonds is 5. The summed E-state index contributed by atoms with van der Waals surface area (Å²) in [7, 11) is 0. The van der Waals surface area contributed by atoms with E-state index in [1.165, 1.54) is 6.92 Å². The van der Waals surface area contributed by atoms with Gasteiger partial charge in [-0.05, 0) is 60.3 Å². The van der Waals surface area contributed by atoms with Gasteiger partial charge in [-0.25, -0.2) is 0 Å². The minimum absolute atomic E-state index is 0.126. The van der Waals surface area contributed by atoms with Gasteiger partial charge in [0.2, 0.25) is 0 Å². The van der Waals surface area contributed by atoms with Crippen molar-refractivity contribution in [2.45, 2.75) is 92.5 Å². The van der Waals surface area contributed by atoms with Crippen LogP contribution in [0, 0.1) is 5.41 Å². The Hall–Kier alpha value is -0.570. The number of hydrogen-bond acceptors (Lipinski definition) is 3. The van der Waals surface area contributed by atoms with Gasteiger partial charge in [0.25, 0.3) is 0 Å². The number of ether oxygens (including phenoxy) is 2. The maximum atomic E-state index is 11.2. The van der Waals surface area contributed by atoms with Crippen LogP contribution in [0.1, 0.15) is 75.7 Å². The van der Waals surface area contributed by atoms with Crippen LogP contribution in [0.3, 0.4) is 0 Å². The predicted octanol–water partition coefficient (Wildman–Crippen LogP) is 4.34. The average Bonchev–Trinajstić information content (AvgIpc) is 1.91. The smallest absolute Gasteiger partial charge is 0.303 e. The molecule has 0 aromatic heterocycles. The Morgan fingerprint density at radius 1 is 0.895 bits per heavy atom. The Kier molecular flexibility index (Phi) is 5.27. The van der Waals surface area contributed by atoms with E-state index in [1.54, 1.807) is 0 Å². The Labute approximate surface area is 119 Å². The fraction of sp³-hybridized carbons (Fsp3) is 0.938. The van der Waals surface area contributed by atoms with Gasteiger partial charge in [0, 0.05) is 6.92 Å². The molecule has 0 saturated heterocycles. The molecule has 0 rings (SSSR count). The molecule has 19 heavy (non-hydrogen) atoms. The Morgan fingerprint density at radius 2 is 1.32 bits per heavy atom. The predicted molar refractivity (Wildman–Crippen MR) is 79.2 cm³/mol. The van der Waals surface area contributed by atoms with Crippen molar-refractivity contribution < 1.29 is 14.3 Å². The van der Waals surface area contributed by atoms with Gasteiger partial charge < -0.3 is 9.47 Å². The van der Waals surface area contributed by atoms with Crippen LogP contribution in [0.25, 0.3) is 0 Å². The van der Waals surface area contributed by atoms with E-state index in [0.717, 1.165) is 6.42 Å². The molecular weight excluding hydrogens is 240 g/mol. The lowest BCUT2D eigenvalue weighted by molar-refractivity contribution is -0.188. The molecule has 3 heteroatoms. The molecule has 0 aliphatic carbocycles. The van der Waals surface area contributed by atoms with Crippen LogP contribution in [0.5, 0.6) is 0 Å². The van der Waals surface area contributed by atoms with Crippen molar-refractivity contribution in [3.8, 4) is 0 Å². The lowest BCUT2D eigenvalue weighted by Gasteiger charge is -2.48. The molecular formula is C16H32O3. The summed E-state index contributed by atoms with van der Waals surface area (Å²) in [6.07, 6.45) is 0.739. The third kappa shape index (κ3) is 6.42. The van der Waals surface area contributed by atoms with Gasteiger partial charge in [-0.2, -0.15) is 0 Å². The fourth-order valence-electron chi connectivity index (χ4n) is 2.61. The molecule has 0 spiro atoms. The van der Waals surface area contributed by atoms with Crippen molar-refractivity contribution in [3.63, 3.8) is 0 Å². The summed E-state index contributed by atoms with van der Waals surface area (Å²) in [5, 5.41) is 0. The van der Waals surface area contributed by atoms with Gasteiger partial charge >= 0.3 is 5.97 Å². The van der Waals surface area contributed by atoms with Gasteiger partial charge in [0.15, 0.2) is 0 Å². The third-order valence-corrected chi connectivity index (χ3v) is 3.48. The third-order valence-electron chi connectivity index (χ3n) is 3.48. The van der Waals surface area contributed by atoms with E-state index in [9.17, 15) is 4.79 Å². The summed E-state index contributed by atoms with van der Waals surface area (Å²) in [6.45, 7) is 20.0. The zero-order valence-corrected chi connectivity index (χ0v) is 14.4. The summed E-state index contributed by atoms with van der Waals surface area (Å²) >= 11 is 0. The van der Waals surface area contributed by atoms with Crippen molar-refractivity contribution in [1.82, 2.24) is 0 Å². The molecule has 0 fully saturated rings. The number of carbonyl (C=O) groups is 1. The molecule has 0 unspecified atom stereocenters. The first-order valence-corrected chi connectivity index (χ1v) is 6.98. The molecule has 0 aliphatic heterocycles. The van der Waals surface area contributed by atoms with E-state index in [1.807, 2.05) is 13.8 Å². The van der Waals surface area contributed by atoms with Crippen molar-refractivity contribution in [1.29, 1.82) is 0 Å². The van der Waals surface area contributed by atoms with Crippen LogP contribution in [0.4, 0.5) is 0 Å². The molecule has 3 nitrogen and oxygen atoms in total. The van der Waals surface area contributed by atoms with Crippen LogP contribution in [0.15, 0.2) is 0 Å². The molecule has 0 aromatic rings. The standard InChI is InChI=1S/C16H32O3/c1-12(17)18-15(7,8)11-14(5,6)16(9,10)19-13(2,3)4/h11H2,1-10H3. The summed E-state index contributed by atoms with van der Waals surface area (Å²) in [5.74, 6) is -0.240. The van der Waals surface area contributed by atoms with E-state index < -0.39 is 5.60 Å². The van der Waals surface area contributed by atoms with Crippen molar-refractivity contribution in [2.24, 2.45) is 5.41 Å². The Bertz CT molecular complexity index is 319. The summed E-state index contributed by atoms with van der Waals surface area (Å²) in [5.41, 5.74) is -1.14. The topological polar surface area (TPSA) is 35.5 Å². The van der Waals surface area contributed by atoms with Crippen LogP contribution >= 0.6 is 0 Å². The maximum Gasteiger partial charge on any atom is 0.303 e. The Balaban J connectivity index is 5.00. The lowest BCUT2D eigenvalue weighted by atomic mass is 9.70. The lowest BCUT2D eigenvalue weighted by Crippen LogP contribution is -2.49. The van der Waals surface area contributed by atoms with Crippen LogP contribution in [-0.2, 0) is 14.3 Å². The van der Waals surface area contributed by atoms with Gasteiger partial charge in [-0.3, -0.25) is 4.79 Å². The quantitative estimate of drug-likeness (QED) is 0.698. The molecule has 0 N–H and O–H groups in total. The van der Waals surface area contributed by atoms with Crippen molar-refractivity contribution in [3.05, 3.63) is 0 Å². The maximum absolute atomic E-state index is 11.2. The second-order valence-corrected chi connectivity index (χ2v) is 8.14. The summed E-state index contributed by atoms with van der Waals surface area (Å²) in [6, 6.07) is 0. The van der Waals surface area contributed by atoms with E-state index in [-0.39, 0.29) is 22.6 Å². The van der Waals surface area contributed by atoms with E-state index in [0.29, 0.717) is 0 Å². The highest BCUT2D eigenvalue weighted by molar-refractivity contribution is 5.66. The highest BCUT2D eigenvalue weighted by Gasteiger charge is 2.44. The van der Waals surface area contributed by atoms with Crippen molar-refractivity contribution >= 4 is 5.97 Å². The highest BCUT2D eigenvalue weighted by Crippen LogP contribution is 2.43. The van der Waals surface area contributed by atoms with Crippen LogP contribution < -0.4 is 0 Å². The number of carbonyl (C=O) groups excluding carboxylic acids is 1. The molecule has 0 heterocycles. The monoisotopic (exact) mass is 272 g/mol. The minimum atomic E-state index is -0.492. The molecule has 0 radical (unpaired) electrons. The normalized spacial score (nSPS) is 14.4.